The second-order valence-electron chi connectivity index (χ2n) is 6.06. The summed E-state index contributed by atoms with van der Waals surface area (Å²) in [5, 5.41) is 0. The number of likely N-dealkylation sites (N-methyl/N-ethyl adjacent to an activating group) is 1. The van der Waals surface area contributed by atoms with Crippen LogP contribution in [0.4, 0.5) is 10.1 Å². The molecule has 1 aliphatic rings. The van der Waals surface area contributed by atoms with Crippen molar-refractivity contribution in [2.24, 2.45) is 0 Å². The van der Waals surface area contributed by atoms with Gasteiger partial charge in [-0.2, -0.15) is 0 Å². The van der Waals surface area contributed by atoms with Crippen LogP contribution in [0.25, 0.3) is 22.4 Å². The Kier molecular flexibility index (Phi) is 3.50. The van der Waals surface area contributed by atoms with Crippen molar-refractivity contribution < 1.29 is 4.39 Å². The van der Waals surface area contributed by atoms with E-state index in [1.165, 1.54) is 0 Å². The fraction of sp³-hybridized carbons (Fsp3) is 0.278. The largest absolute Gasteiger partial charge is 0.367 e. The Balaban J connectivity index is 1.72. The third-order valence-corrected chi connectivity index (χ3v) is 4.44. The van der Waals surface area contributed by atoms with Gasteiger partial charge in [-0.15, -0.1) is 0 Å². The lowest BCUT2D eigenvalue weighted by atomic mass is 10.2. The number of rotatable bonds is 2. The number of hydrogen-bond donors (Lipinski definition) is 1. The van der Waals surface area contributed by atoms with Gasteiger partial charge in [0, 0.05) is 37.8 Å². The second-order valence-corrected chi connectivity index (χ2v) is 6.06. The highest BCUT2D eigenvalue weighted by Crippen LogP contribution is 2.28. The first-order chi connectivity index (χ1) is 11.2. The van der Waals surface area contributed by atoms with Crippen LogP contribution in [-0.2, 0) is 0 Å². The van der Waals surface area contributed by atoms with Crippen LogP contribution in [0.1, 0.15) is 0 Å². The Morgan fingerprint density at radius 1 is 1.04 bits per heavy atom. The van der Waals surface area contributed by atoms with E-state index in [1.807, 2.05) is 36.4 Å². The Morgan fingerprint density at radius 2 is 1.78 bits per heavy atom. The molecule has 0 atom stereocenters. The van der Waals surface area contributed by atoms with Gasteiger partial charge in [0.2, 0.25) is 0 Å². The third-order valence-electron chi connectivity index (χ3n) is 4.44. The van der Waals surface area contributed by atoms with Gasteiger partial charge in [0.25, 0.3) is 0 Å². The number of aromatic nitrogens is 2. The molecule has 5 heteroatoms. The van der Waals surface area contributed by atoms with Crippen LogP contribution in [0.3, 0.4) is 0 Å². The number of imidazole rings is 1. The van der Waals surface area contributed by atoms with Gasteiger partial charge in [0.1, 0.15) is 11.6 Å². The van der Waals surface area contributed by atoms with E-state index < -0.39 is 0 Å². The predicted molar refractivity (Wildman–Crippen MR) is 91.2 cm³/mol. The molecule has 1 aromatic heterocycles. The summed E-state index contributed by atoms with van der Waals surface area (Å²) < 4.78 is 14.5. The number of piperazine rings is 1. The summed E-state index contributed by atoms with van der Waals surface area (Å²) in [5.41, 5.74) is 3.19. The number of H-pyrrole nitrogens is 1. The van der Waals surface area contributed by atoms with E-state index >= 15 is 0 Å². The average molecular weight is 310 g/mol. The molecule has 1 saturated heterocycles. The molecule has 1 fully saturated rings. The maximum absolute atomic E-state index is 14.5. The molecular formula is C18H19FN4. The summed E-state index contributed by atoms with van der Waals surface area (Å²) >= 11 is 0. The molecule has 23 heavy (non-hydrogen) atoms. The molecule has 2 aromatic carbocycles. The van der Waals surface area contributed by atoms with Crippen molar-refractivity contribution >= 4 is 16.7 Å². The Labute approximate surface area is 134 Å². The standard InChI is InChI=1S/C18H19FN4/c1-22-7-9-23(10-8-22)17-12-16-15(11-14(17)19)20-18(21-16)13-5-3-2-4-6-13/h2-6,11-12H,7-10H2,1H3,(H,20,21). The highest BCUT2D eigenvalue weighted by molar-refractivity contribution is 5.83. The lowest BCUT2D eigenvalue weighted by molar-refractivity contribution is 0.312. The Bertz CT molecular complexity index is 820. The molecule has 0 spiro atoms. The van der Waals surface area contributed by atoms with Gasteiger partial charge in [-0.25, -0.2) is 9.37 Å². The molecule has 0 bridgehead atoms. The molecule has 3 aromatic rings. The van der Waals surface area contributed by atoms with Crippen LogP contribution in [0.2, 0.25) is 0 Å². The average Bonchev–Trinajstić information content (AvgIpc) is 2.98. The summed E-state index contributed by atoms with van der Waals surface area (Å²) in [4.78, 5) is 12.2. The topological polar surface area (TPSA) is 35.2 Å². The number of nitrogens with zero attached hydrogens (tertiary/aromatic N) is 3. The van der Waals surface area contributed by atoms with Crippen molar-refractivity contribution in [1.82, 2.24) is 14.9 Å². The van der Waals surface area contributed by atoms with Gasteiger partial charge in [0.15, 0.2) is 0 Å². The van der Waals surface area contributed by atoms with Gasteiger partial charge in [0.05, 0.1) is 16.7 Å². The quantitative estimate of drug-likeness (QED) is 0.790. The third kappa shape index (κ3) is 2.68. The highest BCUT2D eigenvalue weighted by atomic mass is 19.1. The molecule has 118 valence electrons. The summed E-state index contributed by atoms with van der Waals surface area (Å²) in [6.07, 6.45) is 0. The van der Waals surface area contributed by atoms with Crippen LogP contribution < -0.4 is 4.90 Å². The van der Waals surface area contributed by atoms with Gasteiger partial charge in [-0.1, -0.05) is 30.3 Å². The number of fused-ring (bicyclic) bond motifs is 1. The SMILES string of the molecule is CN1CCN(c2cc3nc(-c4ccccc4)[nH]c3cc2F)CC1. The van der Waals surface area contributed by atoms with Crippen molar-refractivity contribution in [3.63, 3.8) is 0 Å². The lowest BCUT2D eigenvalue weighted by Crippen LogP contribution is -2.44. The molecule has 0 aliphatic carbocycles. The van der Waals surface area contributed by atoms with Crippen LogP contribution >= 0.6 is 0 Å². The number of nitrogens with one attached hydrogen (secondary N) is 1. The molecule has 0 radical (unpaired) electrons. The monoisotopic (exact) mass is 310 g/mol. The maximum atomic E-state index is 14.5. The fourth-order valence-electron chi connectivity index (χ4n) is 3.04. The molecule has 4 rings (SSSR count). The lowest BCUT2D eigenvalue weighted by Gasteiger charge is -2.34. The summed E-state index contributed by atoms with van der Waals surface area (Å²) in [5.74, 6) is 0.584. The van der Waals surface area contributed by atoms with Crippen molar-refractivity contribution in [1.29, 1.82) is 0 Å². The number of benzene rings is 2. The summed E-state index contributed by atoms with van der Waals surface area (Å²) in [6, 6.07) is 13.3. The zero-order valence-electron chi connectivity index (χ0n) is 13.1. The first kappa shape index (κ1) is 14.2. The predicted octanol–water partition coefficient (Wildman–Crippen LogP) is 3.12. The van der Waals surface area contributed by atoms with Crippen molar-refractivity contribution in [2.75, 3.05) is 38.1 Å². The fourth-order valence-corrected chi connectivity index (χ4v) is 3.04. The first-order valence-electron chi connectivity index (χ1n) is 7.89. The van der Waals surface area contributed by atoms with E-state index in [9.17, 15) is 4.39 Å². The van der Waals surface area contributed by atoms with Crippen molar-refractivity contribution in [3.05, 3.63) is 48.3 Å². The molecule has 1 N–H and O–H groups in total. The smallest absolute Gasteiger partial charge is 0.148 e. The second kappa shape index (κ2) is 5.66. The summed E-state index contributed by atoms with van der Waals surface area (Å²) in [7, 11) is 2.09. The van der Waals surface area contributed by atoms with Crippen molar-refractivity contribution in [3.8, 4) is 11.4 Å². The van der Waals surface area contributed by atoms with E-state index in [2.05, 4.69) is 26.8 Å². The van der Waals surface area contributed by atoms with E-state index in [1.54, 1.807) is 6.07 Å². The summed E-state index contributed by atoms with van der Waals surface area (Å²) in [6.45, 7) is 3.59. The van der Waals surface area contributed by atoms with E-state index in [0.29, 0.717) is 5.69 Å². The molecule has 1 aliphatic heterocycles. The van der Waals surface area contributed by atoms with E-state index in [4.69, 9.17) is 0 Å². The molecule has 4 nitrogen and oxygen atoms in total. The van der Waals surface area contributed by atoms with Crippen LogP contribution in [0, 0.1) is 5.82 Å². The van der Waals surface area contributed by atoms with Crippen LogP contribution in [-0.4, -0.2) is 48.1 Å². The Morgan fingerprint density at radius 3 is 2.52 bits per heavy atom. The highest BCUT2D eigenvalue weighted by Gasteiger charge is 2.19. The van der Waals surface area contributed by atoms with E-state index in [-0.39, 0.29) is 5.82 Å². The minimum absolute atomic E-state index is 0.190. The van der Waals surface area contributed by atoms with Gasteiger partial charge >= 0.3 is 0 Å². The normalized spacial score (nSPS) is 16.2. The van der Waals surface area contributed by atoms with Crippen LogP contribution in [0.5, 0.6) is 0 Å². The number of aromatic amines is 1. The number of halogens is 1. The molecule has 2 heterocycles. The zero-order chi connectivity index (χ0) is 15.8. The molecular weight excluding hydrogens is 291 g/mol. The van der Waals surface area contributed by atoms with Gasteiger partial charge in [-0.3, -0.25) is 0 Å². The van der Waals surface area contributed by atoms with E-state index in [0.717, 1.165) is 48.6 Å². The first-order valence-corrected chi connectivity index (χ1v) is 7.89. The maximum Gasteiger partial charge on any atom is 0.148 e. The van der Waals surface area contributed by atoms with Gasteiger partial charge in [-0.05, 0) is 13.1 Å². The number of anilines is 1. The molecule has 0 amide bonds. The Hall–Kier alpha value is -2.40. The van der Waals surface area contributed by atoms with Crippen LogP contribution in [0.15, 0.2) is 42.5 Å². The van der Waals surface area contributed by atoms with Gasteiger partial charge < -0.3 is 14.8 Å². The number of hydrogen-bond acceptors (Lipinski definition) is 3. The van der Waals surface area contributed by atoms with Crippen molar-refractivity contribution in [2.45, 2.75) is 0 Å². The minimum atomic E-state index is -0.190. The molecule has 0 saturated carbocycles. The molecule has 0 unspecified atom stereocenters. The minimum Gasteiger partial charge on any atom is -0.367 e. The zero-order valence-corrected chi connectivity index (χ0v) is 13.1.